The molecule has 46 heavy (non-hydrogen) atoms. The summed E-state index contributed by atoms with van der Waals surface area (Å²) in [6, 6.07) is 0. The third-order valence-electron chi connectivity index (χ3n) is 6.70. The number of aliphatic hydroxyl groups excluding tert-OH is 8. The molecule has 0 aliphatic carbocycles. The minimum absolute atomic E-state index is 1.07. The minimum Gasteiger partial charge on any atom is -0.394 e. The van der Waals surface area contributed by atoms with Crippen molar-refractivity contribution in [3.8, 4) is 0 Å². The van der Waals surface area contributed by atoms with E-state index in [1.54, 1.807) is 0 Å². The Morgan fingerprint density at radius 3 is 1.33 bits per heavy atom. The van der Waals surface area contributed by atoms with Crippen LogP contribution in [0.1, 0.15) is 0 Å². The molecule has 0 bridgehead atoms. The van der Waals surface area contributed by atoms with Crippen molar-refractivity contribution < 1.29 is 116 Å². The van der Waals surface area contributed by atoms with Gasteiger partial charge in [0.15, 0.2) is 18.7 Å². The van der Waals surface area contributed by atoms with E-state index in [0.717, 1.165) is 0 Å². The van der Waals surface area contributed by atoms with Crippen LogP contribution in [0.5, 0.6) is 0 Å². The number of hydrogen-bond donors (Lipinski definition) is 11. The molecule has 0 aromatic carbocycles. The highest BCUT2D eigenvalue weighted by molar-refractivity contribution is 7.81. The lowest BCUT2D eigenvalue weighted by atomic mass is 9.96. The molecule has 0 saturated carbocycles. The number of hydrogen-bond acceptors (Lipinski definition) is 22. The van der Waals surface area contributed by atoms with Crippen LogP contribution >= 0.6 is 0 Å². The summed E-state index contributed by atoms with van der Waals surface area (Å²) >= 11 is 0. The third kappa shape index (κ3) is 9.84. The maximum Gasteiger partial charge on any atom is 0.399 e. The van der Waals surface area contributed by atoms with Gasteiger partial charge in [0, 0.05) is 0 Å². The Hall–Kier alpha value is -0.910. The van der Waals surface area contributed by atoms with Crippen molar-refractivity contribution in [1.29, 1.82) is 0 Å². The molecule has 3 aliphatic heterocycles. The van der Waals surface area contributed by atoms with Crippen LogP contribution < -0.4 is 0 Å². The van der Waals surface area contributed by atoms with Crippen LogP contribution in [0.4, 0.5) is 0 Å². The Morgan fingerprint density at radius 2 is 0.848 bits per heavy atom. The fourth-order valence-electron chi connectivity index (χ4n) is 4.71. The van der Waals surface area contributed by atoms with E-state index in [1.807, 2.05) is 0 Å². The fourth-order valence-corrected chi connectivity index (χ4v) is 6.10. The normalized spacial score (nSPS) is 43.0. The Kier molecular flexibility index (Phi) is 13.2. The van der Waals surface area contributed by atoms with Crippen molar-refractivity contribution in [3.05, 3.63) is 0 Å². The first-order valence-corrected chi connectivity index (χ1v) is 16.7. The van der Waals surface area contributed by atoms with Crippen molar-refractivity contribution in [2.45, 2.75) is 92.1 Å². The first kappa shape index (κ1) is 39.5. The SMILES string of the molecule is O=S(=O)(O)O[C@@H]1O[C@H](CO)[C@H](O[C@@H]2O[C@H](CO)[C@H](O[C@@H]3O[C@H](CO)[C@H](O)[C@H](OS(=O)(=O)O)[C@H]3O)[C@H](O)[C@H]2OS(=O)(=O)O)[C@H](O)[C@H]1O. The standard InChI is InChI=1S/C18H32O25S3/c19-1-4-7(22)14(41-44(27,28)29)11(26)16(36-4)39-13-6(3-21)38-18(15(10(13)25)42-45(30,31)32)40-12-5(2-20)37-17(9(24)8(12)23)43-46(33,34)35/h4-26H,1-3H2,(H,27,28,29)(H,30,31,32)(H,33,34,35)/t4-,5-,6-,7+,8-,9-,10+,11-,12+,13+,14+,15-,16+,17+,18+/m1/s1. The molecule has 25 nitrogen and oxygen atoms in total. The zero-order valence-corrected chi connectivity index (χ0v) is 25.1. The van der Waals surface area contributed by atoms with Crippen molar-refractivity contribution in [3.63, 3.8) is 0 Å². The lowest BCUT2D eigenvalue weighted by Crippen LogP contribution is -2.67. The smallest absolute Gasteiger partial charge is 0.394 e. The molecule has 272 valence electrons. The molecule has 0 aromatic rings. The van der Waals surface area contributed by atoms with Gasteiger partial charge in [-0.2, -0.15) is 25.3 Å². The van der Waals surface area contributed by atoms with E-state index in [2.05, 4.69) is 12.5 Å². The summed E-state index contributed by atoms with van der Waals surface area (Å²) in [5.41, 5.74) is 0. The van der Waals surface area contributed by atoms with Crippen molar-refractivity contribution >= 4 is 31.2 Å². The fraction of sp³-hybridized carbons (Fsp3) is 1.00. The van der Waals surface area contributed by atoms with Gasteiger partial charge < -0.3 is 64.5 Å². The molecule has 3 rings (SSSR count). The summed E-state index contributed by atoms with van der Waals surface area (Å²) in [7, 11) is -16.2. The molecule has 3 fully saturated rings. The average molecular weight is 745 g/mol. The molecule has 0 radical (unpaired) electrons. The minimum atomic E-state index is -5.55. The second-order valence-corrected chi connectivity index (χ2v) is 13.0. The van der Waals surface area contributed by atoms with Crippen LogP contribution in [-0.2, 0) is 67.4 Å². The highest BCUT2D eigenvalue weighted by atomic mass is 32.3. The first-order valence-electron chi connectivity index (χ1n) is 12.6. The zero-order valence-electron chi connectivity index (χ0n) is 22.6. The van der Waals surface area contributed by atoms with Gasteiger partial charge in [-0.3, -0.25) is 13.7 Å². The summed E-state index contributed by atoms with van der Waals surface area (Å²) in [6.07, 6.45) is -32.8. The molecule has 0 spiro atoms. The molecule has 3 heterocycles. The monoisotopic (exact) mass is 744 g/mol. The quantitative estimate of drug-likeness (QED) is 0.0780. The van der Waals surface area contributed by atoms with Crippen LogP contribution in [0.15, 0.2) is 0 Å². The molecule has 11 N–H and O–H groups in total. The molecule has 15 atom stereocenters. The maximum absolute atomic E-state index is 11.6. The Morgan fingerprint density at radius 1 is 0.435 bits per heavy atom. The molecular weight excluding hydrogens is 712 g/mol. The van der Waals surface area contributed by atoms with Gasteiger partial charge in [0.1, 0.15) is 67.1 Å². The summed E-state index contributed by atoms with van der Waals surface area (Å²) in [6.45, 7) is -3.38. The third-order valence-corrected chi connectivity index (χ3v) is 8.07. The van der Waals surface area contributed by atoms with Crippen LogP contribution in [0.25, 0.3) is 0 Å². The van der Waals surface area contributed by atoms with Gasteiger partial charge in [-0.15, -0.1) is 0 Å². The molecule has 3 saturated heterocycles. The maximum atomic E-state index is 11.6. The molecule has 3 aliphatic rings. The molecular formula is C18H32O25S3. The van der Waals surface area contributed by atoms with E-state index >= 15 is 0 Å². The van der Waals surface area contributed by atoms with Crippen molar-refractivity contribution in [2.24, 2.45) is 0 Å². The second-order valence-electron chi connectivity index (χ2n) is 9.83. The lowest BCUT2D eigenvalue weighted by Gasteiger charge is -2.48. The highest BCUT2D eigenvalue weighted by Gasteiger charge is 2.56. The van der Waals surface area contributed by atoms with Crippen LogP contribution in [0.3, 0.4) is 0 Å². The van der Waals surface area contributed by atoms with E-state index in [9.17, 15) is 70.7 Å². The highest BCUT2D eigenvalue weighted by Crippen LogP contribution is 2.34. The van der Waals surface area contributed by atoms with E-state index in [1.165, 1.54) is 0 Å². The van der Waals surface area contributed by atoms with Gasteiger partial charge in [-0.25, -0.2) is 12.5 Å². The van der Waals surface area contributed by atoms with Crippen LogP contribution in [0, 0.1) is 0 Å². The van der Waals surface area contributed by atoms with E-state index in [-0.39, 0.29) is 0 Å². The van der Waals surface area contributed by atoms with E-state index in [4.69, 9.17) is 32.8 Å². The number of ether oxygens (including phenoxy) is 5. The van der Waals surface area contributed by atoms with Gasteiger partial charge in [0.25, 0.3) is 0 Å². The average Bonchev–Trinajstić information content (AvgIpc) is 2.93. The summed E-state index contributed by atoms with van der Waals surface area (Å²) in [5, 5.41) is 81.7. The summed E-state index contributed by atoms with van der Waals surface area (Å²) in [5.74, 6) is 0. The van der Waals surface area contributed by atoms with Gasteiger partial charge in [-0.05, 0) is 0 Å². The summed E-state index contributed by atoms with van der Waals surface area (Å²) in [4.78, 5) is 0. The van der Waals surface area contributed by atoms with E-state index < -0.39 is 143 Å². The second kappa shape index (κ2) is 15.3. The Bertz CT molecular complexity index is 1320. The predicted molar refractivity (Wildman–Crippen MR) is 132 cm³/mol. The Labute approximate surface area is 259 Å². The van der Waals surface area contributed by atoms with Gasteiger partial charge in [0.05, 0.1) is 19.8 Å². The van der Waals surface area contributed by atoms with Crippen molar-refractivity contribution in [2.75, 3.05) is 19.8 Å². The largest absolute Gasteiger partial charge is 0.399 e. The predicted octanol–water partition coefficient (Wildman–Crippen LogP) is -8.09. The van der Waals surface area contributed by atoms with Crippen LogP contribution in [-0.4, -0.2) is 192 Å². The number of rotatable bonds is 13. The molecule has 0 aromatic heterocycles. The van der Waals surface area contributed by atoms with Gasteiger partial charge in [0.2, 0.25) is 6.29 Å². The molecule has 28 heteroatoms. The van der Waals surface area contributed by atoms with Crippen molar-refractivity contribution in [1.82, 2.24) is 0 Å². The van der Waals surface area contributed by atoms with Crippen LogP contribution in [0.2, 0.25) is 0 Å². The van der Waals surface area contributed by atoms with E-state index in [0.29, 0.717) is 0 Å². The lowest BCUT2D eigenvalue weighted by molar-refractivity contribution is -0.373. The van der Waals surface area contributed by atoms with Gasteiger partial charge in [-0.1, -0.05) is 0 Å². The Balaban J connectivity index is 1.90. The number of aliphatic hydroxyl groups is 8. The zero-order chi connectivity index (χ0) is 34.9. The topological polar surface area (TPSA) is 399 Å². The first-order chi connectivity index (χ1) is 21.1. The van der Waals surface area contributed by atoms with Gasteiger partial charge >= 0.3 is 31.2 Å². The summed E-state index contributed by atoms with van der Waals surface area (Å²) < 4.78 is 134. The molecule has 0 unspecified atom stereocenters. The molecule has 0 amide bonds.